The maximum absolute atomic E-state index is 13.2. The molecule has 6 rings (SSSR count). The average Bonchev–Trinajstić information content (AvgIpc) is 3.29. The first-order valence-corrected chi connectivity index (χ1v) is 14.4. The van der Waals surface area contributed by atoms with Crippen molar-refractivity contribution in [1.29, 1.82) is 0 Å². The lowest BCUT2D eigenvalue weighted by molar-refractivity contribution is -0.957. The Hall–Kier alpha value is -2.94. The number of unbranched alkanes of at least 4 members (excludes halogenated alkanes) is 1. The predicted octanol–water partition coefficient (Wildman–Crippen LogP) is 3.04. The molecular formula is C31H41N4O4+. The fraction of sp³-hybridized carbons (Fsp3) is 0.548. The largest absolute Gasteiger partial charge is 0.493 e. The van der Waals surface area contributed by atoms with Gasteiger partial charge in [0.1, 0.15) is 6.54 Å². The summed E-state index contributed by atoms with van der Waals surface area (Å²) >= 11 is 0. The topological polar surface area (TPSA) is 117 Å². The molecule has 2 fully saturated rings. The van der Waals surface area contributed by atoms with Crippen LogP contribution in [0.15, 0.2) is 36.4 Å². The Labute approximate surface area is 230 Å². The van der Waals surface area contributed by atoms with Gasteiger partial charge in [-0.1, -0.05) is 24.6 Å². The minimum absolute atomic E-state index is 0.155. The number of carbonyl (C=O) groups excluding carboxylic acids is 2. The maximum Gasteiger partial charge on any atom is 0.241 e. The molecule has 2 aromatic rings. The molecule has 2 aliphatic carbocycles. The predicted molar refractivity (Wildman–Crippen MR) is 150 cm³/mol. The number of ketones is 1. The van der Waals surface area contributed by atoms with Gasteiger partial charge in [-0.15, -0.1) is 0 Å². The van der Waals surface area contributed by atoms with Crippen molar-refractivity contribution >= 4 is 17.4 Å². The van der Waals surface area contributed by atoms with Gasteiger partial charge >= 0.3 is 0 Å². The number of nitrogens with zero attached hydrogens (tertiary/aromatic N) is 1. The van der Waals surface area contributed by atoms with E-state index in [-0.39, 0.29) is 23.2 Å². The first-order valence-electron chi connectivity index (χ1n) is 14.4. The molecule has 2 aromatic carbocycles. The number of anilines is 1. The number of benzene rings is 2. The Morgan fingerprint density at radius 2 is 2.03 bits per heavy atom. The number of hydrogen-bond acceptors (Lipinski definition) is 6. The molecule has 6 atom stereocenters. The molecule has 5 N–H and O–H groups in total. The molecule has 1 saturated heterocycles. The van der Waals surface area contributed by atoms with Gasteiger partial charge in [0.15, 0.2) is 23.4 Å². The summed E-state index contributed by atoms with van der Waals surface area (Å²) in [6, 6.07) is 12.3. The van der Waals surface area contributed by atoms with Crippen molar-refractivity contribution in [2.45, 2.75) is 75.1 Å². The summed E-state index contributed by atoms with van der Waals surface area (Å²) in [5, 5.41) is 2.96. The van der Waals surface area contributed by atoms with Crippen LogP contribution < -0.4 is 26.3 Å². The molecule has 8 nitrogen and oxygen atoms in total. The lowest BCUT2D eigenvalue weighted by Gasteiger charge is -2.60. The Bertz CT molecular complexity index is 1280. The number of hydrogen-bond donors (Lipinski definition) is 3. The van der Waals surface area contributed by atoms with Crippen molar-refractivity contribution < 1.29 is 23.5 Å². The summed E-state index contributed by atoms with van der Waals surface area (Å²) < 4.78 is 13.1. The van der Waals surface area contributed by atoms with Crippen LogP contribution in [0, 0.1) is 5.92 Å². The zero-order valence-electron chi connectivity index (χ0n) is 23.1. The van der Waals surface area contributed by atoms with Crippen LogP contribution in [0.5, 0.6) is 11.5 Å². The lowest BCUT2D eigenvalue weighted by Crippen LogP contribution is -2.71. The molecule has 2 bridgehead atoms. The van der Waals surface area contributed by atoms with Gasteiger partial charge in [-0.3, -0.25) is 9.59 Å². The fourth-order valence-corrected chi connectivity index (χ4v) is 8.12. The second-order valence-corrected chi connectivity index (χ2v) is 12.2. The van der Waals surface area contributed by atoms with Crippen LogP contribution in [0.25, 0.3) is 0 Å². The van der Waals surface area contributed by atoms with Crippen LogP contribution in [0.4, 0.5) is 5.69 Å². The van der Waals surface area contributed by atoms with E-state index < -0.39 is 6.04 Å². The summed E-state index contributed by atoms with van der Waals surface area (Å²) in [7, 11) is 4.06. The van der Waals surface area contributed by atoms with Crippen molar-refractivity contribution in [2.24, 2.45) is 17.4 Å². The number of rotatable bonds is 9. The molecule has 39 heavy (non-hydrogen) atoms. The minimum Gasteiger partial charge on any atom is -0.493 e. The van der Waals surface area contributed by atoms with Gasteiger partial charge in [0, 0.05) is 42.0 Å². The number of ether oxygens (including phenoxy) is 2. The maximum atomic E-state index is 13.2. The number of nitrogens with one attached hydrogen (secondary N) is 1. The molecule has 1 saturated carbocycles. The molecule has 0 aromatic heterocycles. The highest BCUT2D eigenvalue weighted by atomic mass is 16.5. The molecule has 1 amide bonds. The van der Waals surface area contributed by atoms with Crippen LogP contribution in [0.3, 0.4) is 0 Å². The highest BCUT2D eigenvalue weighted by Crippen LogP contribution is 2.64. The third-order valence-corrected chi connectivity index (χ3v) is 10.1. The van der Waals surface area contributed by atoms with Crippen LogP contribution >= 0.6 is 0 Å². The SMILES string of the molecule is COc1ccc2c3c1OC1C(=O)CC[C@H]4[C@@H](C2)[N@@+](C)(Cc2ccc(NC(=O)[C@@H](N)CCCCN)cc2)CC[C@]314. The zero-order chi connectivity index (χ0) is 27.4. The van der Waals surface area contributed by atoms with Gasteiger partial charge in [0.05, 0.1) is 38.2 Å². The van der Waals surface area contributed by atoms with E-state index in [4.69, 9.17) is 20.9 Å². The minimum atomic E-state index is -0.526. The van der Waals surface area contributed by atoms with Gasteiger partial charge in [-0.2, -0.15) is 0 Å². The number of likely N-dealkylation sites (N-methyl/N-ethyl adjacent to an activating group) is 1. The molecule has 2 aliphatic heterocycles. The van der Waals surface area contributed by atoms with Crippen LogP contribution in [0.2, 0.25) is 0 Å². The van der Waals surface area contributed by atoms with Gasteiger partial charge in [-0.05, 0) is 49.6 Å². The summed E-state index contributed by atoms with van der Waals surface area (Å²) in [6.45, 7) is 2.51. The Kier molecular flexibility index (Phi) is 6.68. The van der Waals surface area contributed by atoms with Crippen LogP contribution in [-0.2, 0) is 28.0 Å². The van der Waals surface area contributed by atoms with Gasteiger partial charge in [-0.25, -0.2) is 0 Å². The fourth-order valence-electron chi connectivity index (χ4n) is 8.12. The number of Topliss-reactive ketones (excluding diaryl/α,β-unsaturated/α-hetero) is 1. The van der Waals surface area contributed by atoms with E-state index in [1.54, 1.807) is 7.11 Å². The second kappa shape index (κ2) is 9.91. The van der Waals surface area contributed by atoms with Crippen molar-refractivity contribution in [3.05, 3.63) is 53.1 Å². The summed E-state index contributed by atoms with van der Waals surface area (Å²) in [5.74, 6) is 2.04. The number of amides is 1. The molecule has 2 heterocycles. The lowest BCUT2D eigenvalue weighted by atomic mass is 9.51. The van der Waals surface area contributed by atoms with Crippen molar-refractivity contribution in [1.82, 2.24) is 0 Å². The molecule has 0 radical (unpaired) electrons. The van der Waals surface area contributed by atoms with E-state index in [0.29, 0.717) is 31.3 Å². The number of quaternary nitrogens is 1. The number of methoxy groups -OCH3 is 1. The van der Waals surface area contributed by atoms with Crippen LogP contribution in [0.1, 0.15) is 55.2 Å². The standard InChI is InChI=1S/C31H40N4O4/c1-35(18-19-6-9-21(10-7-19)34-30(37)23(33)5-3-4-15-32)16-14-31-22-11-12-25(36)29(31)39-28-26(38-2)13-8-20(27(28)31)17-24(22)35/h6-10,13,22-24,29H,3-5,11-12,14-18,32-33H2,1-2H3/p+1/t22-,23-,24+,29?,31-,35+/m0/s1. The Morgan fingerprint density at radius 1 is 1.23 bits per heavy atom. The Morgan fingerprint density at radius 3 is 2.77 bits per heavy atom. The third kappa shape index (κ3) is 4.15. The number of nitrogens with two attached hydrogens (primary N) is 2. The molecular weight excluding hydrogens is 492 g/mol. The van der Waals surface area contributed by atoms with Crippen molar-refractivity contribution in [3.8, 4) is 11.5 Å². The van der Waals surface area contributed by atoms with E-state index in [9.17, 15) is 9.59 Å². The van der Waals surface area contributed by atoms with Gasteiger partial charge in [0.25, 0.3) is 0 Å². The normalized spacial score (nSPS) is 30.8. The molecule has 1 unspecified atom stereocenters. The van der Waals surface area contributed by atoms with Crippen LogP contribution in [-0.4, -0.2) is 61.6 Å². The molecule has 208 valence electrons. The quantitative estimate of drug-likeness (QED) is 0.337. The number of piperidine rings is 1. The first-order chi connectivity index (χ1) is 18.8. The molecule has 4 aliphatic rings. The third-order valence-electron chi connectivity index (χ3n) is 10.1. The first kappa shape index (κ1) is 26.3. The highest BCUT2D eigenvalue weighted by Gasteiger charge is 2.69. The van der Waals surface area contributed by atoms with E-state index in [1.807, 2.05) is 18.2 Å². The highest BCUT2D eigenvalue weighted by molar-refractivity contribution is 5.94. The van der Waals surface area contributed by atoms with E-state index in [0.717, 1.165) is 66.9 Å². The van der Waals surface area contributed by atoms with E-state index in [2.05, 4.69) is 30.6 Å². The second-order valence-electron chi connectivity index (χ2n) is 12.2. The average molecular weight is 534 g/mol. The summed E-state index contributed by atoms with van der Waals surface area (Å²) in [5.41, 5.74) is 16.0. The molecule has 8 heteroatoms. The van der Waals surface area contributed by atoms with Gasteiger partial charge in [0.2, 0.25) is 5.91 Å². The smallest absolute Gasteiger partial charge is 0.241 e. The van der Waals surface area contributed by atoms with E-state index >= 15 is 0 Å². The summed E-state index contributed by atoms with van der Waals surface area (Å²) in [4.78, 5) is 25.7. The number of carbonyl (C=O) groups is 2. The monoisotopic (exact) mass is 533 g/mol. The Balaban J connectivity index is 1.22. The number of likely N-dealkylation sites (tertiary alicyclic amines) is 1. The zero-order valence-corrected chi connectivity index (χ0v) is 23.1. The van der Waals surface area contributed by atoms with E-state index in [1.165, 1.54) is 16.7 Å². The molecule has 1 spiro atoms. The van der Waals surface area contributed by atoms with Gasteiger partial charge < -0.3 is 30.7 Å². The van der Waals surface area contributed by atoms with Crippen molar-refractivity contribution in [2.75, 3.05) is 32.6 Å². The summed E-state index contributed by atoms with van der Waals surface area (Å²) in [6.07, 6.45) is 5.40. The van der Waals surface area contributed by atoms with Crippen molar-refractivity contribution in [3.63, 3.8) is 0 Å².